The van der Waals surface area contributed by atoms with E-state index in [0.717, 1.165) is 27.0 Å². The maximum absolute atomic E-state index is 12.9. The van der Waals surface area contributed by atoms with Crippen LogP contribution in [0.15, 0.2) is 30.3 Å². The van der Waals surface area contributed by atoms with Crippen LogP contribution in [0.1, 0.15) is 39.0 Å². The third-order valence-corrected chi connectivity index (χ3v) is 6.15. The number of hydrogen-bond donors (Lipinski definition) is 1. The molecule has 8 heteroatoms. The number of fused-ring (bicyclic) bond motifs is 2. The van der Waals surface area contributed by atoms with Crippen LogP contribution in [0.3, 0.4) is 0 Å². The Hall–Kier alpha value is -3.44. The summed E-state index contributed by atoms with van der Waals surface area (Å²) in [7, 11) is 0. The number of aryl methyl sites for hydroxylation is 1. The lowest BCUT2D eigenvalue weighted by Crippen LogP contribution is -2.35. The van der Waals surface area contributed by atoms with Gasteiger partial charge in [-0.25, -0.2) is 4.79 Å². The number of hydrogen-bond acceptors (Lipinski definition) is 6. The van der Waals surface area contributed by atoms with Crippen molar-refractivity contribution >= 4 is 39.2 Å². The first-order valence-corrected chi connectivity index (χ1v) is 10.5. The molecule has 1 aliphatic rings. The summed E-state index contributed by atoms with van der Waals surface area (Å²) in [5.41, 5.74) is 3.47. The number of pyridine rings is 1. The van der Waals surface area contributed by atoms with E-state index in [1.54, 1.807) is 24.0 Å². The number of thiophene rings is 1. The smallest absolute Gasteiger partial charge is 0.410 e. The Labute approximate surface area is 177 Å². The number of anilines is 1. The first-order valence-electron chi connectivity index (χ1n) is 9.65. The van der Waals surface area contributed by atoms with Crippen LogP contribution < -0.4 is 5.32 Å². The average molecular weight is 420 g/mol. The van der Waals surface area contributed by atoms with E-state index in [9.17, 15) is 14.9 Å². The molecule has 0 saturated heterocycles. The molecule has 0 radical (unpaired) electrons. The van der Waals surface area contributed by atoms with Gasteiger partial charge in [-0.1, -0.05) is 12.1 Å². The fraction of sp³-hybridized carbons (Fsp3) is 0.273. The molecule has 7 nitrogen and oxygen atoms in total. The van der Waals surface area contributed by atoms with Gasteiger partial charge in [0.1, 0.15) is 11.1 Å². The zero-order valence-electron chi connectivity index (χ0n) is 16.7. The second-order valence-corrected chi connectivity index (χ2v) is 8.11. The molecule has 0 saturated carbocycles. The van der Waals surface area contributed by atoms with Crippen molar-refractivity contribution < 1.29 is 14.3 Å². The van der Waals surface area contributed by atoms with E-state index >= 15 is 0 Å². The van der Waals surface area contributed by atoms with Crippen molar-refractivity contribution in [1.82, 2.24) is 9.88 Å². The van der Waals surface area contributed by atoms with Crippen LogP contribution in [0.5, 0.6) is 0 Å². The summed E-state index contributed by atoms with van der Waals surface area (Å²) < 4.78 is 5.08. The number of amides is 2. The number of nitrogens with zero attached hydrogens (tertiary/aromatic N) is 3. The van der Waals surface area contributed by atoms with Crippen LogP contribution in [0, 0.1) is 18.3 Å². The van der Waals surface area contributed by atoms with Gasteiger partial charge in [-0.3, -0.25) is 9.78 Å². The summed E-state index contributed by atoms with van der Waals surface area (Å²) in [6.45, 7) is 4.85. The van der Waals surface area contributed by atoms with Gasteiger partial charge in [-0.15, -0.1) is 11.3 Å². The van der Waals surface area contributed by atoms with Crippen LogP contribution in [-0.2, 0) is 17.7 Å². The quantitative estimate of drug-likeness (QED) is 0.684. The van der Waals surface area contributed by atoms with Crippen LogP contribution in [0.4, 0.5) is 9.80 Å². The standard InChI is InChI=1S/C22H20N4O3S/c1-3-29-22(28)26-9-8-16-17(11-23)21(30-19(16)12-26)25-20(27)15-7-6-14-5-4-13(2)24-18(14)10-15/h4-7,10H,3,8-9,12H2,1-2H3,(H,25,27). The lowest BCUT2D eigenvalue weighted by Gasteiger charge is -2.25. The molecule has 4 rings (SSSR count). The molecule has 0 atom stereocenters. The number of benzene rings is 1. The highest BCUT2D eigenvalue weighted by Crippen LogP contribution is 2.37. The van der Waals surface area contributed by atoms with Crippen molar-refractivity contribution in [3.05, 3.63) is 57.6 Å². The van der Waals surface area contributed by atoms with E-state index in [4.69, 9.17) is 4.74 Å². The minimum Gasteiger partial charge on any atom is -0.450 e. The molecule has 1 aromatic carbocycles. The zero-order chi connectivity index (χ0) is 21.3. The fourth-order valence-corrected chi connectivity index (χ4v) is 4.72. The largest absolute Gasteiger partial charge is 0.450 e. The fourth-order valence-electron chi connectivity index (χ4n) is 3.52. The Bertz CT molecular complexity index is 1200. The number of rotatable bonds is 3. The second-order valence-electron chi connectivity index (χ2n) is 7.00. The Morgan fingerprint density at radius 2 is 2.13 bits per heavy atom. The van der Waals surface area contributed by atoms with Crippen molar-refractivity contribution in [2.24, 2.45) is 0 Å². The van der Waals surface area contributed by atoms with Crippen LogP contribution in [0.25, 0.3) is 10.9 Å². The SMILES string of the molecule is CCOC(=O)N1CCc2c(sc(NC(=O)c3ccc4ccc(C)nc4c3)c2C#N)C1. The summed E-state index contributed by atoms with van der Waals surface area (Å²) in [5.74, 6) is -0.294. The van der Waals surface area contributed by atoms with E-state index in [-0.39, 0.29) is 12.0 Å². The first-order chi connectivity index (χ1) is 14.5. The van der Waals surface area contributed by atoms with Gasteiger partial charge in [0, 0.05) is 28.1 Å². The molecule has 0 aliphatic carbocycles. The molecule has 152 valence electrons. The van der Waals surface area contributed by atoms with Crippen molar-refractivity contribution in [2.45, 2.75) is 26.8 Å². The van der Waals surface area contributed by atoms with Crippen molar-refractivity contribution in [3.8, 4) is 6.07 Å². The van der Waals surface area contributed by atoms with Gasteiger partial charge >= 0.3 is 6.09 Å². The normalized spacial score (nSPS) is 12.9. The molecule has 0 unspecified atom stereocenters. The third kappa shape index (κ3) is 3.72. The summed E-state index contributed by atoms with van der Waals surface area (Å²) in [4.78, 5) is 31.9. The number of aromatic nitrogens is 1. The van der Waals surface area contributed by atoms with Gasteiger partial charge in [0.05, 0.1) is 24.2 Å². The molecule has 1 aliphatic heterocycles. The highest BCUT2D eigenvalue weighted by atomic mass is 32.1. The predicted octanol–water partition coefficient (Wildman–Crippen LogP) is 4.24. The number of ether oxygens (including phenoxy) is 1. The number of nitrogens with one attached hydrogen (secondary N) is 1. The molecule has 0 bridgehead atoms. The molecule has 3 heterocycles. The third-order valence-electron chi connectivity index (χ3n) is 5.02. The first kappa shape index (κ1) is 19.9. The van der Waals surface area contributed by atoms with Gasteiger partial charge in [0.25, 0.3) is 5.91 Å². The predicted molar refractivity (Wildman–Crippen MR) is 115 cm³/mol. The highest BCUT2D eigenvalue weighted by Gasteiger charge is 2.28. The number of nitriles is 1. The maximum Gasteiger partial charge on any atom is 0.410 e. The summed E-state index contributed by atoms with van der Waals surface area (Å²) >= 11 is 1.34. The zero-order valence-corrected chi connectivity index (χ0v) is 17.5. The van der Waals surface area contributed by atoms with Crippen LogP contribution in [-0.4, -0.2) is 35.0 Å². The van der Waals surface area contributed by atoms with Gasteiger partial charge in [-0.2, -0.15) is 5.26 Å². The topological polar surface area (TPSA) is 95.3 Å². The molecule has 1 N–H and O–H groups in total. The Kier molecular flexibility index (Phi) is 5.38. The van der Waals surface area contributed by atoms with Gasteiger partial charge < -0.3 is 15.0 Å². The van der Waals surface area contributed by atoms with E-state index in [1.165, 1.54) is 11.3 Å². The minimum absolute atomic E-state index is 0.294. The molecule has 0 fully saturated rings. The molecule has 3 aromatic rings. The second kappa shape index (κ2) is 8.13. The van der Waals surface area contributed by atoms with E-state index in [2.05, 4.69) is 16.4 Å². The molecule has 2 aromatic heterocycles. The maximum atomic E-state index is 12.9. The van der Waals surface area contributed by atoms with Crippen molar-refractivity contribution in [2.75, 3.05) is 18.5 Å². The number of carbonyl (C=O) groups is 2. The Morgan fingerprint density at radius 1 is 1.33 bits per heavy atom. The highest BCUT2D eigenvalue weighted by molar-refractivity contribution is 7.16. The average Bonchev–Trinajstić information content (AvgIpc) is 3.09. The molecule has 30 heavy (non-hydrogen) atoms. The van der Waals surface area contributed by atoms with E-state index in [1.807, 2.05) is 25.1 Å². The molecular formula is C22H20N4O3S. The van der Waals surface area contributed by atoms with E-state index in [0.29, 0.717) is 42.2 Å². The Balaban J connectivity index is 1.59. The van der Waals surface area contributed by atoms with Gasteiger partial charge in [0.15, 0.2) is 0 Å². The lowest BCUT2D eigenvalue weighted by atomic mass is 10.0. The monoisotopic (exact) mass is 420 g/mol. The molecule has 0 spiro atoms. The molecular weight excluding hydrogens is 400 g/mol. The Morgan fingerprint density at radius 3 is 2.90 bits per heavy atom. The lowest BCUT2D eigenvalue weighted by molar-refractivity contribution is 0.102. The van der Waals surface area contributed by atoms with Crippen molar-refractivity contribution in [1.29, 1.82) is 5.26 Å². The van der Waals surface area contributed by atoms with E-state index < -0.39 is 0 Å². The van der Waals surface area contributed by atoms with Crippen molar-refractivity contribution in [3.63, 3.8) is 0 Å². The summed E-state index contributed by atoms with van der Waals surface area (Å²) in [5, 5.41) is 14.0. The summed E-state index contributed by atoms with van der Waals surface area (Å²) in [6, 6.07) is 11.5. The summed E-state index contributed by atoms with van der Waals surface area (Å²) in [6.07, 6.45) is 0.197. The number of carbonyl (C=O) groups excluding carboxylic acids is 2. The van der Waals surface area contributed by atoms with Gasteiger partial charge in [-0.05, 0) is 44.0 Å². The molecule has 2 amide bonds. The van der Waals surface area contributed by atoms with Crippen LogP contribution in [0.2, 0.25) is 0 Å². The minimum atomic E-state index is -0.361. The van der Waals surface area contributed by atoms with Gasteiger partial charge in [0.2, 0.25) is 0 Å². The van der Waals surface area contributed by atoms with Crippen LogP contribution >= 0.6 is 11.3 Å².